The number of hydrogen-bond donors (Lipinski definition) is 1. The van der Waals surface area contributed by atoms with Crippen molar-refractivity contribution in [3.05, 3.63) is 41.0 Å². The first-order chi connectivity index (χ1) is 8.04. The second-order valence-corrected chi connectivity index (χ2v) is 4.42. The standard InChI is InChI=1S/C13H17N3O/c1-8-5-9(2)7-12(6-8)14-10(3)13-15-11(4)16-17-13/h5-7,10,14H,1-4H3. The molecule has 1 heterocycles. The topological polar surface area (TPSA) is 51.0 Å². The van der Waals surface area contributed by atoms with E-state index in [4.69, 9.17) is 4.52 Å². The average molecular weight is 231 g/mol. The molecule has 1 N–H and O–H groups in total. The third-order valence-electron chi connectivity index (χ3n) is 2.52. The van der Waals surface area contributed by atoms with Crippen LogP contribution in [0.25, 0.3) is 0 Å². The van der Waals surface area contributed by atoms with Gasteiger partial charge in [0.1, 0.15) is 6.04 Å². The summed E-state index contributed by atoms with van der Waals surface area (Å²) in [6, 6.07) is 6.36. The van der Waals surface area contributed by atoms with E-state index in [2.05, 4.69) is 47.5 Å². The Bertz CT molecular complexity index is 499. The molecular formula is C13H17N3O. The van der Waals surface area contributed by atoms with Gasteiger partial charge in [0.25, 0.3) is 0 Å². The molecule has 0 aliphatic rings. The summed E-state index contributed by atoms with van der Waals surface area (Å²) >= 11 is 0. The molecule has 90 valence electrons. The molecule has 0 bridgehead atoms. The molecule has 2 aromatic rings. The Hall–Kier alpha value is -1.84. The second kappa shape index (κ2) is 4.57. The lowest BCUT2D eigenvalue weighted by Crippen LogP contribution is -2.07. The molecule has 0 spiro atoms. The monoisotopic (exact) mass is 231 g/mol. The summed E-state index contributed by atoms with van der Waals surface area (Å²) in [5.74, 6) is 1.27. The lowest BCUT2D eigenvalue weighted by atomic mass is 10.1. The number of rotatable bonds is 3. The third kappa shape index (κ3) is 2.84. The number of aryl methyl sites for hydroxylation is 3. The SMILES string of the molecule is Cc1cc(C)cc(NC(C)c2nc(C)no2)c1. The van der Waals surface area contributed by atoms with Gasteiger partial charge in [-0.2, -0.15) is 4.98 Å². The summed E-state index contributed by atoms with van der Waals surface area (Å²) in [5, 5.41) is 7.15. The van der Waals surface area contributed by atoms with E-state index in [1.807, 2.05) is 13.8 Å². The van der Waals surface area contributed by atoms with E-state index in [1.165, 1.54) is 11.1 Å². The van der Waals surface area contributed by atoms with Crippen LogP contribution in [-0.2, 0) is 0 Å². The van der Waals surface area contributed by atoms with Gasteiger partial charge in [-0.3, -0.25) is 0 Å². The van der Waals surface area contributed by atoms with Gasteiger partial charge in [0.05, 0.1) is 0 Å². The lowest BCUT2D eigenvalue weighted by Gasteiger charge is -2.12. The summed E-state index contributed by atoms with van der Waals surface area (Å²) < 4.78 is 5.14. The first kappa shape index (κ1) is 11.6. The fourth-order valence-electron chi connectivity index (χ4n) is 1.86. The van der Waals surface area contributed by atoms with Crippen LogP contribution in [0, 0.1) is 20.8 Å². The minimum Gasteiger partial charge on any atom is -0.374 e. The van der Waals surface area contributed by atoms with Gasteiger partial charge in [0, 0.05) is 5.69 Å². The Kier molecular flexibility index (Phi) is 3.13. The van der Waals surface area contributed by atoms with Gasteiger partial charge in [-0.05, 0) is 51.0 Å². The number of aromatic nitrogens is 2. The fraction of sp³-hybridized carbons (Fsp3) is 0.385. The van der Waals surface area contributed by atoms with E-state index >= 15 is 0 Å². The molecule has 1 unspecified atom stereocenters. The van der Waals surface area contributed by atoms with Crippen molar-refractivity contribution in [1.82, 2.24) is 10.1 Å². The van der Waals surface area contributed by atoms with Crippen LogP contribution in [0.15, 0.2) is 22.7 Å². The van der Waals surface area contributed by atoms with Gasteiger partial charge >= 0.3 is 0 Å². The summed E-state index contributed by atoms with van der Waals surface area (Å²) in [5.41, 5.74) is 3.55. The Morgan fingerprint density at radius 3 is 2.29 bits per heavy atom. The smallest absolute Gasteiger partial charge is 0.248 e. The molecule has 17 heavy (non-hydrogen) atoms. The number of benzene rings is 1. The zero-order chi connectivity index (χ0) is 12.4. The molecule has 0 saturated carbocycles. The highest BCUT2D eigenvalue weighted by Crippen LogP contribution is 2.20. The molecule has 0 radical (unpaired) electrons. The molecule has 2 rings (SSSR count). The second-order valence-electron chi connectivity index (χ2n) is 4.42. The van der Waals surface area contributed by atoms with Gasteiger partial charge in [-0.25, -0.2) is 0 Å². The van der Waals surface area contributed by atoms with Crippen molar-refractivity contribution in [2.24, 2.45) is 0 Å². The quantitative estimate of drug-likeness (QED) is 0.881. The summed E-state index contributed by atoms with van der Waals surface area (Å²) in [4.78, 5) is 4.21. The molecule has 1 atom stereocenters. The number of nitrogens with one attached hydrogen (secondary N) is 1. The van der Waals surface area contributed by atoms with Crippen LogP contribution in [0.1, 0.15) is 35.8 Å². The average Bonchev–Trinajstić information content (AvgIpc) is 2.63. The van der Waals surface area contributed by atoms with E-state index in [0.29, 0.717) is 11.7 Å². The molecule has 1 aromatic carbocycles. The van der Waals surface area contributed by atoms with Crippen LogP contribution in [0.2, 0.25) is 0 Å². The molecular weight excluding hydrogens is 214 g/mol. The normalized spacial score (nSPS) is 12.5. The Morgan fingerprint density at radius 1 is 1.12 bits per heavy atom. The molecule has 4 nitrogen and oxygen atoms in total. The first-order valence-corrected chi connectivity index (χ1v) is 5.69. The minimum absolute atomic E-state index is 0.0115. The van der Waals surface area contributed by atoms with Crippen molar-refractivity contribution in [2.45, 2.75) is 33.7 Å². The Labute approximate surface area is 101 Å². The number of anilines is 1. The predicted octanol–water partition coefficient (Wildman–Crippen LogP) is 3.17. The van der Waals surface area contributed by atoms with Crippen molar-refractivity contribution in [3.63, 3.8) is 0 Å². The van der Waals surface area contributed by atoms with Crippen molar-refractivity contribution >= 4 is 5.69 Å². The van der Waals surface area contributed by atoms with Crippen molar-refractivity contribution < 1.29 is 4.52 Å². The maximum atomic E-state index is 5.14. The Morgan fingerprint density at radius 2 is 1.76 bits per heavy atom. The van der Waals surface area contributed by atoms with Crippen LogP contribution in [-0.4, -0.2) is 10.1 Å². The van der Waals surface area contributed by atoms with Gasteiger partial charge in [0.15, 0.2) is 5.82 Å². The highest BCUT2D eigenvalue weighted by Gasteiger charge is 2.12. The van der Waals surface area contributed by atoms with E-state index in [-0.39, 0.29) is 6.04 Å². The molecule has 0 aliphatic carbocycles. The summed E-state index contributed by atoms with van der Waals surface area (Å²) in [6.45, 7) is 7.99. The summed E-state index contributed by atoms with van der Waals surface area (Å²) in [6.07, 6.45) is 0. The van der Waals surface area contributed by atoms with Crippen LogP contribution < -0.4 is 5.32 Å². The van der Waals surface area contributed by atoms with E-state index < -0.39 is 0 Å². The highest BCUT2D eigenvalue weighted by atomic mass is 16.5. The third-order valence-corrected chi connectivity index (χ3v) is 2.52. The first-order valence-electron chi connectivity index (χ1n) is 5.69. The van der Waals surface area contributed by atoms with Crippen molar-refractivity contribution in [2.75, 3.05) is 5.32 Å². The van der Waals surface area contributed by atoms with Gasteiger partial charge in [-0.15, -0.1) is 0 Å². The maximum absolute atomic E-state index is 5.14. The van der Waals surface area contributed by atoms with Gasteiger partial charge < -0.3 is 9.84 Å². The van der Waals surface area contributed by atoms with E-state index in [1.54, 1.807) is 0 Å². The number of hydrogen-bond acceptors (Lipinski definition) is 4. The van der Waals surface area contributed by atoms with E-state index in [0.717, 1.165) is 5.69 Å². The van der Waals surface area contributed by atoms with Crippen LogP contribution in [0.5, 0.6) is 0 Å². The van der Waals surface area contributed by atoms with E-state index in [9.17, 15) is 0 Å². The zero-order valence-electron chi connectivity index (χ0n) is 10.6. The zero-order valence-corrected chi connectivity index (χ0v) is 10.6. The fourth-order valence-corrected chi connectivity index (χ4v) is 1.86. The molecule has 0 aliphatic heterocycles. The lowest BCUT2D eigenvalue weighted by molar-refractivity contribution is 0.364. The molecule has 0 fully saturated rings. The van der Waals surface area contributed by atoms with Crippen molar-refractivity contribution in [1.29, 1.82) is 0 Å². The molecule has 1 aromatic heterocycles. The summed E-state index contributed by atoms with van der Waals surface area (Å²) in [7, 11) is 0. The van der Waals surface area contributed by atoms with Crippen LogP contribution in [0.4, 0.5) is 5.69 Å². The van der Waals surface area contributed by atoms with Crippen LogP contribution >= 0.6 is 0 Å². The molecule has 4 heteroatoms. The molecule has 0 saturated heterocycles. The predicted molar refractivity (Wildman–Crippen MR) is 67.0 cm³/mol. The minimum atomic E-state index is 0.0115. The highest BCUT2D eigenvalue weighted by molar-refractivity contribution is 5.49. The maximum Gasteiger partial charge on any atom is 0.248 e. The van der Waals surface area contributed by atoms with Gasteiger partial charge in [-0.1, -0.05) is 11.2 Å². The Balaban J connectivity index is 2.15. The van der Waals surface area contributed by atoms with Crippen LogP contribution in [0.3, 0.4) is 0 Å². The number of nitrogens with zero attached hydrogens (tertiary/aromatic N) is 2. The van der Waals surface area contributed by atoms with Crippen molar-refractivity contribution in [3.8, 4) is 0 Å². The largest absolute Gasteiger partial charge is 0.374 e. The van der Waals surface area contributed by atoms with Gasteiger partial charge in [0.2, 0.25) is 5.89 Å². The molecule has 0 amide bonds.